The molecule has 0 radical (unpaired) electrons. The molecule has 4 N–H and O–H groups in total. The monoisotopic (exact) mass is 427 g/mol. The first-order chi connectivity index (χ1) is 13.1. The molecule has 1 aromatic carbocycles. The zero-order chi connectivity index (χ0) is 20.6. The Morgan fingerprint density at radius 3 is 2.64 bits per heavy atom. The van der Waals surface area contributed by atoms with E-state index in [1.54, 1.807) is 19.1 Å². The number of ether oxygens (including phenoxy) is 1. The smallest absolute Gasteiger partial charge is 0.364 e. The third-order valence-electron chi connectivity index (χ3n) is 3.73. The molecular weight excluding hydrogens is 404 g/mol. The van der Waals surface area contributed by atoms with E-state index in [1.807, 2.05) is 12.1 Å². The van der Waals surface area contributed by atoms with Crippen LogP contribution >= 0.6 is 19.2 Å². The van der Waals surface area contributed by atoms with Gasteiger partial charge in [-0.25, -0.2) is 8.96 Å². The molecule has 0 aliphatic rings. The molecule has 0 spiro atoms. The Labute approximate surface area is 167 Å². The topological polar surface area (TPSA) is 102 Å². The maximum atomic E-state index is 12.8. The number of hydrogen-bond acceptors (Lipinski definition) is 5. The SMILES string of the molecule is CC(N)(CCc1ccc(C#CCOCc2ccc(F)cc2)s1)COP(=O)(O)O. The zero-order valence-corrected chi connectivity index (χ0v) is 17.1. The Hall–Kier alpha value is -1.56. The maximum absolute atomic E-state index is 12.8. The average Bonchev–Trinajstić information content (AvgIpc) is 3.07. The minimum atomic E-state index is -4.52. The van der Waals surface area contributed by atoms with E-state index in [1.165, 1.54) is 23.5 Å². The van der Waals surface area contributed by atoms with Gasteiger partial charge in [0, 0.05) is 10.4 Å². The molecule has 28 heavy (non-hydrogen) atoms. The number of hydrogen-bond donors (Lipinski definition) is 3. The van der Waals surface area contributed by atoms with E-state index in [2.05, 4.69) is 16.4 Å². The first-order valence-corrected chi connectivity index (χ1v) is 10.9. The zero-order valence-electron chi connectivity index (χ0n) is 15.4. The third kappa shape index (κ3) is 9.09. The van der Waals surface area contributed by atoms with Crippen molar-refractivity contribution >= 4 is 19.2 Å². The minimum Gasteiger partial charge on any atom is -0.364 e. The standard InChI is InChI=1S/C19H23FNO5PS/c1-19(21,14-26-27(22,23)24)11-10-18-9-8-17(28-18)3-2-12-25-13-15-4-6-16(20)7-5-15/h4-9H,10-14,21H2,1H3,(H2,22,23,24). The van der Waals surface area contributed by atoms with Crippen LogP contribution in [0.5, 0.6) is 0 Å². The van der Waals surface area contributed by atoms with Gasteiger partial charge in [-0.2, -0.15) is 0 Å². The molecule has 2 aromatic rings. The van der Waals surface area contributed by atoms with Gasteiger partial charge in [-0.05, 0) is 49.6 Å². The van der Waals surface area contributed by atoms with E-state index >= 15 is 0 Å². The highest BCUT2D eigenvalue weighted by Crippen LogP contribution is 2.37. The van der Waals surface area contributed by atoms with Gasteiger partial charge >= 0.3 is 7.82 Å². The molecule has 0 saturated carbocycles. The number of aryl methyl sites for hydroxylation is 1. The number of benzene rings is 1. The Morgan fingerprint density at radius 1 is 1.25 bits per heavy atom. The fourth-order valence-electron chi connectivity index (χ4n) is 2.22. The second kappa shape index (κ2) is 10.3. The van der Waals surface area contributed by atoms with Crippen LogP contribution in [0.15, 0.2) is 36.4 Å². The number of rotatable bonds is 9. The maximum Gasteiger partial charge on any atom is 0.469 e. The number of nitrogens with two attached hydrogens (primary N) is 1. The van der Waals surface area contributed by atoms with Crippen molar-refractivity contribution < 1.29 is 28.0 Å². The second-order valence-electron chi connectivity index (χ2n) is 6.61. The highest BCUT2D eigenvalue weighted by atomic mass is 32.1. The lowest BCUT2D eigenvalue weighted by molar-refractivity contribution is 0.153. The Kier molecular flexibility index (Phi) is 8.35. The van der Waals surface area contributed by atoms with Crippen molar-refractivity contribution in [1.29, 1.82) is 0 Å². The minimum absolute atomic E-state index is 0.222. The molecule has 0 aliphatic carbocycles. The van der Waals surface area contributed by atoms with Gasteiger partial charge in [-0.1, -0.05) is 24.0 Å². The van der Waals surface area contributed by atoms with Crippen LogP contribution in [0.25, 0.3) is 0 Å². The van der Waals surface area contributed by atoms with Crippen LogP contribution in [-0.4, -0.2) is 28.5 Å². The predicted molar refractivity (Wildman–Crippen MR) is 106 cm³/mol. The molecule has 0 bridgehead atoms. The van der Waals surface area contributed by atoms with Crippen LogP contribution in [0.1, 0.15) is 28.7 Å². The summed E-state index contributed by atoms with van der Waals surface area (Å²) in [4.78, 5) is 19.5. The van der Waals surface area contributed by atoms with Gasteiger partial charge in [0.25, 0.3) is 0 Å². The average molecular weight is 427 g/mol. The summed E-state index contributed by atoms with van der Waals surface area (Å²) in [6, 6.07) is 9.99. The van der Waals surface area contributed by atoms with Crippen molar-refractivity contribution in [3.8, 4) is 11.8 Å². The summed E-state index contributed by atoms with van der Waals surface area (Å²) < 4.78 is 33.5. The lowest BCUT2D eigenvalue weighted by atomic mass is 9.98. The molecule has 1 heterocycles. The Morgan fingerprint density at radius 2 is 1.96 bits per heavy atom. The summed E-state index contributed by atoms with van der Waals surface area (Å²) in [5.41, 5.74) is 6.06. The van der Waals surface area contributed by atoms with Gasteiger partial charge in [0.05, 0.1) is 18.1 Å². The Balaban J connectivity index is 1.74. The van der Waals surface area contributed by atoms with E-state index in [9.17, 15) is 8.96 Å². The fraction of sp³-hybridized carbons (Fsp3) is 0.368. The summed E-state index contributed by atoms with van der Waals surface area (Å²) in [5.74, 6) is 5.69. The van der Waals surface area contributed by atoms with E-state index in [-0.39, 0.29) is 19.0 Å². The normalized spacial score (nSPS) is 13.6. The first-order valence-electron chi connectivity index (χ1n) is 8.52. The summed E-state index contributed by atoms with van der Waals surface area (Å²) in [5, 5.41) is 0. The molecule has 9 heteroatoms. The van der Waals surface area contributed by atoms with Gasteiger partial charge in [0.1, 0.15) is 12.4 Å². The van der Waals surface area contributed by atoms with Gasteiger partial charge in [0.2, 0.25) is 0 Å². The van der Waals surface area contributed by atoms with Crippen LogP contribution in [0.4, 0.5) is 4.39 Å². The number of halogens is 1. The lowest BCUT2D eigenvalue weighted by Gasteiger charge is -2.24. The summed E-state index contributed by atoms with van der Waals surface area (Å²) >= 11 is 1.53. The second-order valence-corrected chi connectivity index (χ2v) is 9.01. The van der Waals surface area contributed by atoms with Crippen LogP contribution in [0.3, 0.4) is 0 Å². The van der Waals surface area contributed by atoms with Crippen molar-refractivity contribution in [2.75, 3.05) is 13.2 Å². The van der Waals surface area contributed by atoms with Crippen molar-refractivity contribution in [3.05, 3.63) is 57.5 Å². The van der Waals surface area contributed by atoms with Gasteiger partial charge < -0.3 is 20.3 Å². The van der Waals surface area contributed by atoms with Gasteiger partial charge in [-0.3, -0.25) is 4.52 Å². The summed E-state index contributed by atoms with van der Waals surface area (Å²) in [7, 11) is -4.52. The van der Waals surface area contributed by atoms with Gasteiger partial charge in [-0.15, -0.1) is 11.3 Å². The van der Waals surface area contributed by atoms with Crippen LogP contribution < -0.4 is 5.73 Å². The van der Waals surface area contributed by atoms with Crippen LogP contribution in [0.2, 0.25) is 0 Å². The number of phosphoric ester groups is 1. The molecular formula is C19H23FNO5PS. The summed E-state index contributed by atoms with van der Waals surface area (Å²) in [6.07, 6.45) is 1.17. The molecule has 152 valence electrons. The van der Waals surface area contributed by atoms with Crippen molar-refractivity contribution in [2.24, 2.45) is 5.73 Å². The molecule has 1 atom stereocenters. The van der Waals surface area contributed by atoms with E-state index in [4.69, 9.17) is 20.3 Å². The van der Waals surface area contributed by atoms with Crippen molar-refractivity contribution in [2.45, 2.75) is 31.9 Å². The lowest BCUT2D eigenvalue weighted by Crippen LogP contribution is -2.41. The highest BCUT2D eigenvalue weighted by molar-refractivity contribution is 7.46. The van der Waals surface area contributed by atoms with Crippen LogP contribution in [-0.2, 0) is 26.9 Å². The first kappa shape index (κ1) is 22.7. The predicted octanol–water partition coefficient (Wildman–Crippen LogP) is 3.21. The van der Waals surface area contributed by atoms with Gasteiger partial charge in [0.15, 0.2) is 0 Å². The Bertz CT molecular complexity index is 866. The molecule has 1 unspecified atom stereocenters. The largest absolute Gasteiger partial charge is 0.469 e. The van der Waals surface area contributed by atoms with E-state index in [0.717, 1.165) is 15.3 Å². The molecule has 2 rings (SSSR count). The molecule has 1 aromatic heterocycles. The van der Waals surface area contributed by atoms with E-state index < -0.39 is 13.4 Å². The molecule has 0 fully saturated rings. The fourth-order valence-corrected chi connectivity index (χ4v) is 3.56. The van der Waals surface area contributed by atoms with E-state index in [0.29, 0.717) is 19.4 Å². The number of phosphoric acid groups is 1. The molecule has 0 amide bonds. The summed E-state index contributed by atoms with van der Waals surface area (Å²) in [6.45, 7) is 2.11. The molecule has 6 nitrogen and oxygen atoms in total. The third-order valence-corrected chi connectivity index (χ3v) is 5.26. The molecule has 0 saturated heterocycles. The van der Waals surface area contributed by atoms with Crippen molar-refractivity contribution in [3.63, 3.8) is 0 Å². The van der Waals surface area contributed by atoms with Crippen molar-refractivity contribution in [1.82, 2.24) is 0 Å². The molecule has 0 aliphatic heterocycles. The van der Waals surface area contributed by atoms with Crippen LogP contribution in [0, 0.1) is 17.7 Å². The number of thiophene rings is 1. The quantitative estimate of drug-likeness (QED) is 0.323. The highest BCUT2D eigenvalue weighted by Gasteiger charge is 2.24.